The molecule has 0 unspecified atom stereocenters. The van der Waals surface area contributed by atoms with Crippen molar-refractivity contribution in [3.8, 4) is 0 Å². The van der Waals surface area contributed by atoms with Crippen molar-refractivity contribution in [2.45, 2.75) is 6.54 Å². The van der Waals surface area contributed by atoms with Gasteiger partial charge in [0.25, 0.3) is 5.91 Å². The van der Waals surface area contributed by atoms with Gasteiger partial charge in [0.05, 0.1) is 0 Å². The molecule has 0 aliphatic rings. The van der Waals surface area contributed by atoms with Gasteiger partial charge in [0.15, 0.2) is 0 Å². The highest BCUT2D eigenvalue weighted by Gasteiger charge is 2.06. The van der Waals surface area contributed by atoms with E-state index in [4.69, 9.17) is 17.3 Å². The Morgan fingerprint density at radius 2 is 2.05 bits per heavy atom. The van der Waals surface area contributed by atoms with Crippen LogP contribution < -0.4 is 11.1 Å². The van der Waals surface area contributed by atoms with E-state index in [0.717, 1.165) is 16.3 Å². The van der Waals surface area contributed by atoms with Crippen molar-refractivity contribution >= 4 is 34.1 Å². The molecular formula is C17H14ClN3O. The second kappa shape index (κ2) is 6.03. The first-order valence-corrected chi connectivity index (χ1v) is 7.18. The summed E-state index contributed by atoms with van der Waals surface area (Å²) in [5, 5.41) is 5.33. The molecule has 3 aromatic rings. The van der Waals surface area contributed by atoms with Crippen LogP contribution in [0.1, 0.15) is 15.9 Å². The third-order valence-corrected chi connectivity index (χ3v) is 3.63. The van der Waals surface area contributed by atoms with Gasteiger partial charge in [0.2, 0.25) is 0 Å². The average Bonchev–Trinajstić information content (AvgIpc) is 2.53. The molecule has 22 heavy (non-hydrogen) atoms. The van der Waals surface area contributed by atoms with Crippen molar-refractivity contribution in [2.24, 2.45) is 0 Å². The van der Waals surface area contributed by atoms with Gasteiger partial charge in [-0.2, -0.15) is 0 Å². The molecule has 0 saturated heterocycles. The lowest BCUT2D eigenvalue weighted by molar-refractivity contribution is 0.0951. The molecule has 1 amide bonds. The van der Waals surface area contributed by atoms with Crippen molar-refractivity contribution in [2.75, 3.05) is 5.73 Å². The molecule has 5 heteroatoms. The van der Waals surface area contributed by atoms with Crippen LogP contribution in [-0.2, 0) is 6.54 Å². The Morgan fingerprint density at radius 3 is 2.86 bits per heavy atom. The zero-order valence-corrected chi connectivity index (χ0v) is 12.5. The van der Waals surface area contributed by atoms with E-state index in [1.165, 1.54) is 0 Å². The molecule has 0 saturated carbocycles. The largest absolute Gasteiger partial charge is 0.383 e. The second-order valence-corrected chi connectivity index (χ2v) is 5.38. The van der Waals surface area contributed by atoms with Crippen molar-refractivity contribution in [1.82, 2.24) is 10.3 Å². The minimum absolute atomic E-state index is 0.156. The summed E-state index contributed by atoms with van der Waals surface area (Å²) in [7, 11) is 0. The van der Waals surface area contributed by atoms with E-state index in [1.807, 2.05) is 24.3 Å². The predicted molar refractivity (Wildman–Crippen MR) is 88.8 cm³/mol. The van der Waals surface area contributed by atoms with Crippen LogP contribution in [0, 0.1) is 0 Å². The van der Waals surface area contributed by atoms with Gasteiger partial charge in [-0.15, -0.1) is 0 Å². The first-order chi connectivity index (χ1) is 10.6. The fraction of sp³-hybridized carbons (Fsp3) is 0.0588. The maximum Gasteiger partial charge on any atom is 0.251 e. The number of nitrogen functional groups attached to an aromatic ring is 1. The number of nitrogens with one attached hydrogen (secondary N) is 1. The molecule has 1 aromatic heterocycles. The van der Waals surface area contributed by atoms with Gasteiger partial charge in [-0.3, -0.25) is 4.79 Å². The number of halogens is 1. The lowest BCUT2D eigenvalue weighted by atomic mass is 10.1. The topological polar surface area (TPSA) is 68.0 Å². The molecule has 0 aliphatic heterocycles. The molecule has 0 fully saturated rings. The average molecular weight is 312 g/mol. The molecule has 1 heterocycles. The van der Waals surface area contributed by atoms with E-state index in [0.29, 0.717) is 22.9 Å². The molecular weight excluding hydrogens is 298 g/mol. The lowest BCUT2D eigenvalue weighted by Crippen LogP contribution is -2.22. The Morgan fingerprint density at radius 1 is 1.18 bits per heavy atom. The van der Waals surface area contributed by atoms with Crippen molar-refractivity contribution in [3.05, 3.63) is 70.9 Å². The summed E-state index contributed by atoms with van der Waals surface area (Å²) in [6, 6.07) is 14.6. The minimum atomic E-state index is -0.156. The van der Waals surface area contributed by atoms with Gasteiger partial charge in [0, 0.05) is 28.7 Å². The zero-order chi connectivity index (χ0) is 15.5. The monoisotopic (exact) mass is 311 g/mol. The number of amides is 1. The number of benzene rings is 2. The van der Waals surface area contributed by atoms with E-state index in [9.17, 15) is 4.79 Å². The van der Waals surface area contributed by atoms with E-state index in [-0.39, 0.29) is 5.91 Å². The highest BCUT2D eigenvalue weighted by Crippen LogP contribution is 2.20. The Balaban J connectivity index is 1.75. The van der Waals surface area contributed by atoms with Crippen LogP contribution in [0.2, 0.25) is 5.02 Å². The summed E-state index contributed by atoms with van der Waals surface area (Å²) < 4.78 is 0. The molecule has 0 bridgehead atoms. The Hall–Kier alpha value is -2.59. The van der Waals surface area contributed by atoms with Crippen LogP contribution in [0.5, 0.6) is 0 Å². The molecule has 110 valence electrons. The van der Waals surface area contributed by atoms with Crippen molar-refractivity contribution in [1.29, 1.82) is 0 Å². The summed E-state index contributed by atoms with van der Waals surface area (Å²) in [6.45, 7) is 0.434. The van der Waals surface area contributed by atoms with Crippen molar-refractivity contribution < 1.29 is 4.79 Å². The Labute approximate surface area is 132 Å². The molecule has 3 rings (SSSR count). The van der Waals surface area contributed by atoms with Gasteiger partial charge in [-0.05, 0) is 41.3 Å². The summed E-state index contributed by atoms with van der Waals surface area (Å²) >= 11 is 5.89. The fourth-order valence-corrected chi connectivity index (χ4v) is 2.47. The molecule has 0 spiro atoms. The molecule has 3 N–H and O–H groups in total. The smallest absolute Gasteiger partial charge is 0.251 e. The summed E-state index contributed by atoms with van der Waals surface area (Å²) in [4.78, 5) is 16.1. The van der Waals surface area contributed by atoms with E-state index < -0.39 is 0 Å². The molecule has 0 radical (unpaired) electrons. The Bertz CT molecular complexity index is 848. The van der Waals surface area contributed by atoms with Gasteiger partial charge in [-0.25, -0.2) is 4.98 Å². The maximum absolute atomic E-state index is 12.1. The van der Waals surface area contributed by atoms with Gasteiger partial charge in [0.1, 0.15) is 5.82 Å². The van der Waals surface area contributed by atoms with Crippen LogP contribution in [-0.4, -0.2) is 10.9 Å². The number of nitrogens with two attached hydrogens (primary N) is 1. The number of hydrogen-bond donors (Lipinski definition) is 2. The van der Waals surface area contributed by atoms with Gasteiger partial charge >= 0.3 is 0 Å². The zero-order valence-electron chi connectivity index (χ0n) is 11.7. The normalized spacial score (nSPS) is 10.6. The van der Waals surface area contributed by atoms with Crippen LogP contribution in [0.25, 0.3) is 10.8 Å². The van der Waals surface area contributed by atoms with Crippen LogP contribution >= 0.6 is 11.6 Å². The fourth-order valence-electron chi connectivity index (χ4n) is 2.27. The van der Waals surface area contributed by atoms with Crippen LogP contribution in [0.15, 0.2) is 54.7 Å². The molecule has 0 aliphatic carbocycles. The van der Waals surface area contributed by atoms with Crippen LogP contribution in [0.4, 0.5) is 5.82 Å². The minimum Gasteiger partial charge on any atom is -0.383 e. The Kier molecular flexibility index (Phi) is 3.94. The predicted octanol–water partition coefficient (Wildman–Crippen LogP) is 3.40. The number of nitrogens with zero attached hydrogens (tertiary/aromatic N) is 1. The van der Waals surface area contributed by atoms with E-state index in [2.05, 4.69) is 10.3 Å². The standard InChI is InChI=1S/C17H14ClN3O/c18-14-3-1-2-13(9-14)17(22)21-10-11-4-5-15-12(8-11)6-7-20-16(15)19/h1-9H,10H2,(H2,19,20)(H,21,22). The van der Waals surface area contributed by atoms with Gasteiger partial charge < -0.3 is 11.1 Å². The first kappa shape index (κ1) is 14.4. The van der Waals surface area contributed by atoms with E-state index >= 15 is 0 Å². The summed E-state index contributed by atoms with van der Waals surface area (Å²) in [5.41, 5.74) is 7.36. The molecule has 2 aromatic carbocycles. The number of anilines is 1. The lowest BCUT2D eigenvalue weighted by Gasteiger charge is -2.07. The number of carbonyl (C=O) groups excluding carboxylic acids is 1. The number of aromatic nitrogens is 1. The van der Waals surface area contributed by atoms with E-state index in [1.54, 1.807) is 30.5 Å². The second-order valence-electron chi connectivity index (χ2n) is 4.94. The third kappa shape index (κ3) is 3.02. The first-order valence-electron chi connectivity index (χ1n) is 6.80. The van der Waals surface area contributed by atoms with Crippen molar-refractivity contribution in [3.63, 3.8) is 0 Å². The number of rotatable bonds is 3. The van der Waals surface area contributed by atoms with Crippen LogP contribution in [0.3, 0.4) is 0 Å². The maximum atomic E-state index is 12.1. The SMILES string of the molecule is Nc1nccc2cc(CNC(=O)c3cccc(Cl)c3)ccc12. The number of carbonyl (C=O) groups is 1. The summed E-state index contributed by atoms with van der Waals surface area (Å²) in [5.74, 6) is 0.351. The molecule has 4 nitrogen and oxygen atoms in total. The quantitative estimate of drug-likeness (QED) is 0.779. The highest BCUT2D eigenvalue weighted by atomic mass is 35.5. The number of fused-ring (bicyclic) bond motifs is 1. The van der Waals surface area contributed by atoms with Gasteiger partial charge in [-0.1, -0.05) is 29.8 Å². The summed E-state index contributed by atoms with van der Waals surface area (Å²) in [6.07, 6.45) is 1.67. The number of hydrogen-bond acceptors (Lipinski definition) is 3. The highest BCUT2D eigenvalue weighted by molar-refractivity contribution is 6.30. The third-order valence-electron chi connectivity index (χ3n) is 3.40. The molecule has 0 atom stereocenters. The number of pyridine rings is 1.